The minimum atomic E-state index is -0.865. The number of nitro benzene ring substituents is 1. The first-order valence-electron chi connectivity index (χ1n) is 8.41. The molecule has 0 aliphatic heterocycles. The van der Waals surface area contributed by atoms with E-state index in [4.69, 9.17) is 10.9 Å². The number of aromatic nitrogens is 1. The molecule has 1 amide bonds. The molecule has 1 aromatic heterocycles. The molecule has 0 bridgehead atoms. The lowest BCUT2D eigenvalue weighted by Crippen LogP contribution is -2.40. The summed E-state index contributed by atoms with van der Waals surface area (Å²) in [6.07, 6.45) is 2.20. The number of benzene rings is 2. The van der Waals surface area contributed by atoms with Crippen molar-refractivity contribution in [1.29, 1.82) is 0 Å². The van der Waals surface area contributed by atoms with Crippen molar-refractivity contribution in [3.8, 4) is 0 Å². The number of nitrogens with two attached hydrogens (primary N) is 1. The van der Waals surface area contributed by atoms with Gasteiger partial charge < -0.3 is 10.3 Å². The third-order valence-electron chi connectivity index (χ3n) is 4.57. The average molecular weight is 368 g/mol. The van der Waals surface area contributed by atoms with Gasteiger partial charge in [-0.2, -0.15) is 0 Å². The van der Waals surface area contributed by atoms with Crippen LogP contribution in [0.25, 0.3) is 10.9 Å². The normalized spacial score (nSPS) is 12.1. The summed E-state index contributed by atoms with van der Waals surface area (Å²) in [6.45, 7) is 2.24. The zero-order chi connectivity index (χ0) is 19.6. The van der Waals surface area contributed by atoms with Crippen molar-refractivity contribution in [2.24, 2.45) is 5.73 Å². The number of nitrogens with one attached hydrogen (secondary N) is 1. The van der Waals surface area contributed by atoms with E-state index in [-0.39, 0.29) is 12.1 Å². The summed E-state index contributed by atoms with van der Waals surface area (Å²) in [7, 11) is 0. The van der Waals surface area contributed by atoms with E-state index in [1.54, 1.807) is 24.5 Å². The first-order valence-corrected chi connectivity index (χ1v) is 8.41. The van der Waals surface area contributed by atoms with E-state index < -0.39 is 16.9 Å². The van der Waals surface area contributed by atoms with Gasteiger partial charge in [0.25, 0.3) is 11.6 Å². The number of para-hydroxylation sites is 1. The van der Waals surface area contributed by atoms with Crippen molar-refractivity contribution >= 4 is 22.5 Å². The minimum absolute atomic E-state index is 0.0952. The third kappa shape index (κ3) is 3.81. The van der Waals surface area contributed by atoms with E-state index in [0.717, 1.165) is 22.0 Å². The molecule has 0 saturated heterocycles. The molecule has 3 aromatic rings. The molecule has 27 heavy (non-hydrogen) atoms. The number of nitrogens with zero attached hydrogens (tertiary/aromatic N) is 2. The van der Waals surface area contributed by atoms with Gasteiger partial charge in [-0.25, -0.2) is 5.48 Å². The highest BCUT2D eigenvalue weighted by molar-refractivity contribution is 5.86. The van der Waals surface area contributed by atoms with Gasteiger partial charge in [0.15, 0.2) is 0 Å². The Hall–Kier alpha value is -3.23. The number of hydroxylamine groups is 1. The van der Waals surface area contributed by atoms with Crippen molar-refractivity contribution in [3.63, 3.8) is 0 Å². The molecular formula is C19H20N4O4. The van der Waals surface area contributed by atoms with Crippen molar-refractivity contribution in [2.45, 2.75) is 25.9 Å². The van der Waals surface area contributed by atoms with Crippen LogP contribution in [-0.4, -0.2) is 26.6 Å². The van der Waals surface area contributed by atoms with E-state index in [1.807, 2.05) is 35.0 Å². The van der Waals surface area contributed by atoms with E-state index in [0.29, 0.717) is 12.1 Å². The lowest BCUT2D eigenvalue weighted by atomic mass is 10.1. The zero-order valence-corrected chi connectivity index (χ0v) is 14.8. The predicted octanol–water partition coefficient (Wildman–Crippen LogP) is 2.28. The third-order valence-corrected chi connectivity index (χ3v) is 4.57. The van der Waals surface area contributed by atoms with Gasteiger partial charge in [-0.05, 0) is 36.6 Å². The molecule has 0 radical (unpaired) electrons. The Morgan fingerprint density at radius 1 is 1.33 bits per heavy atom. The average Bonchev–Trinajstić information content (AvgIpc) is 2.98. The van der Waals surface area contributed by atoms with Crippen LogP contribution in [0.2, 0.25) is 0 Å². The maximum absolute atomic E-state index is 11.5. The highest BCUT2D eigenvalue weighted by Crippen LogP contribution is 2.25. The molecule has 2 aromatic carbocycles. The van der Waals surface area contributed by atoms with Crippen molar-refractivity contribution in [3.05, 3.63) is 75.5 Å². The Balaban J connectivity index is 1.94. The minimum Gasteiger partial charge on any atom is -0.343 e. The molecule has 0 fully saturated rings. The van der Waals surface area contributed by atoms with Gasteiger partial charge in [0.2, 0.25) is 0 Å². The predicted molar refractivity (Wildman–Crippen MR) is 100 cm³/mol. The fourth-order valence-electron chi connectivity index (χ4n) is 3.25. The number of fused-ring (bicyclic) bond motifs is 1. The number of rotatable bonds is 6. The lowest BCUT2D eigenvalue weighted by molar-refractivity contribution is -0.385. The number of amides is 1. The topological polar surface area (TPSA) is 123 Å². The summed E-state index contributed by atoms with van der Waals surface area (Å²) in [5.41, 5.74) is 10.9. The van der Waals surface area contributed by atoms with Crippen LogP contribution in [0.15, 0.2) is 48.7 Å². The summed E-state index contributed by atoms with van der Waals surface area (Å²) < 4.78 is 2.02. The fourth-order valence-corrected chi connectivity index (χ4v) is 3.25. The molecule has 1 atom stereocenters. The summed E-state index contributed by atoms with van der Waals surface area (Å²) in [6, 6.07) is 11.9. The SMILES string of the molecule is Cc1cc(Cn2cc(C[C@H](N)C(=O)NO)c3ccccc32)ccc1[N+](=O)[O-]. The fraction of sp³-hybridized carbons (Fsp3) is 0.211. The van der Waals surface area contributed by atoms with Gasteiger partial charge in [-0.15, -0.1) is 0 Å². The number of nitro groups is 1. The first kappa shape index (κ1) is 18.6. The Morgan fingerprint density at radius 2 is 2.07 bits per heavy atom. The Bertz CT molecular complexity index is 1010. The second kappa shape index (κ2) is 7.56. The van der Waals surface area contributed by atoms with E-state index in [9.17, 15) is 14.9 Å². The molecule has 1 heterocycles. The number of hydrogen-bond donors (Lipinski definition) is 3. The molecule has 140 valence electrons. The molecule has 0 saturated carbocycles. The number of carbonyl (C=O) groups excluding carboxylic acids is 1. The molecule has 0 aliphatic carbocycles. The number of aryl methyl sites for hydroxylation is 1. The van der Waals surface area contributed by atoms with Gasteiger partial charge in [-0.1, -0.05) is 24.3 Å². The maximum Gasteiger partial charge on any atom is 0.272 e. The molecular weight excluding hydrogens is 348 g/mol. The number of hydrogen-bond acceptors (Lipinski definition) is 5. The van der Waals surface area contributed by atoms with Gasteiger partial charge in [0, 0.05) is 35.3 Å². The van der Waals surface area contributed by atoms with Gasteiger partial charge in [-0.3, -0.25) is 20.1 Å². The van der Waals surface area contributed by atoms with E-state index >= 15 is 0 Å². The smallest absolute Gasteiger partial charge is 0.272 e. The molecule has 8 heteroatoms. The molecule has 0 unspecified atom stereocenters. The van der Waals surface area contributed by atoms with Crippen LogP contribution >= 0.6 is 0 Å². The monoisotopic (exact) mass is 368 g/mol. The summed E-state index contributed by atoms with van der Waals surface area (Å²) >= 11 is 0. The summed E-state index contributed by atoms with van der Waals surface area (Å²) in [4.78, 5) is 22.1. The van der Waals surface area contributed by atoms with Crippen molar-refractivity contribution in [2.75, 3.05) is 0 Å². The molecule has 3 rings (SSSR count). The maximum atomic E-state index is 11.5. The van der Waals surface area contributed by atoms with Crippen LogP contribution in [0.5, 0.6) is 0 Å². The zero-order valence-electron chi connectivity index (χ0n) is 14.8. The quantitative estimate of drug-likeness (QED) is 0.350. The van der Waals surface area contributed by atoms with Crippen LogP contribution < -0.4 is 11.2 Å². The second-order valence-electron chi connectivity index (χ2n) is 6.46. The Kier molecular flexibility index (Phi) is 5.20. The molecule has 4 N–H and O–H groups in total. The highest BCUT2D eigenvalue weighted by atomic mass is 16.6. The summed E-state index contributed by atoms with van der Waals surface area (Å²) in [5.74, 6) is -0.641. The van der Waals surface area contributed by atoms with Crippen LogP contribution in [0.4, 0.5) is 5.69 Å². The molecule has 8 nitrogen and oxygen atoms in total. The largest absolute Gasteiger partial charge is 0.343 e. The van der Waals surface area contributed by atoms with Crippen LogP contribution in [0, 0.1) is 17.0 Å². The standard InChI is InChI=1S/C19H20N4O4/c1-12-8-13(6-7-17(12)23(26)27)10-22-11-14(9-16(20)19(24)21-25)15-4-2-3-5-18(15)22/h2-8,11,16,25H,9-10,20H2,1H3,(H,21,24)/t16-/m0/s1. The Morgan fingerprint density at radius 3 is 2.74 bits per heavy atom. The lowest BCUT2D eigenvalue weighted by Gasteiger charge is -2.08. The van der Waals surface area contributed by atoms with Crippen molar-refractivity contribution < 1.29 is 14.9 Å². The first-order chi connectivity index (χ1) is 12.9. The Labute approximate surface area is 155 Å². The van der Waals surface area contributed by atoms with Crippen LogP contribution in [-0.2, 0) is 17.8 Å². The van der Waals surface area contributed by atoms with E-state index in [2.05, 4.69) is 0 Å². The van der Waals surface area contributed by atoms with Gasteiger partial charge in [0.1, 0.15) is 0 Å². The summed E-state index contributed by atoms with van der Waals surface area (Å²) in [5, 5.41) is 20.7. The highest BCUT2D eigenvalue weighted by Gasteiger charge is 2.17. The molecule has 0 spiro atoms. The van der Waals surface area contributed by atoms with Crippen LogP contribution in [0.3, 0.4) is 0 Å². The molecule has 0 aliphatic rings. The number of carbonyl (C=O) groups is 1. The van der Waals surface area contributed by atoms with Gasteiger partial charge >= 0.3 is 0 Å². The van der Waals surface area contributed by atoms with Crippen molar-refractivity contribution in [1.82, 2.24) is 10.0 Å². The van der Waals surface area contributed by atoms with Crippen LogP contribution in [0.1, 0.15) is 16.7 Å². The van der Waals surface area contributed by atoms with Gasteiger partial charge in [0.05, 0.1) is 11.0 Å². The van der Waals surface area contributed by atoms with E-state index in [1.165, 1.54) is 6.07 Å². The second-order valence-corrected chi connectivity index (χ2v) is 6.46.